The van der Waals surface area contributed by atoms with Gasteiger partial charge in [0.2, 0.25) is 5.91 Å². The highest BCUT2D eigenvalue weighted by Crippen LogP contribution is 2.30. The van der Waals surface area contributed by atoms with Crippen molar-refractivity contribution in [2.24, 2.45) is 0 Å². The molecule has 0 N–H and O–H groups in total. The molecule has 0 bridgehead atoms. The fourth-order valence-corrected chi connectivity index (χ4v) is 3.97. The van der Waals surface area contributed by atoms with E-state index in [1.165, 1.54) is 13.0 Å². The molecular weight excluding hydrogens is 338 g/mol. The summed E-state index contributed by atoms with van der Waals surface area (Å²) in [6.07, 6.45) is 1.56. The predicted molar refractivity (Wildman–Crippen MR) is 96.5 cm³/mol. The molecule has 0 radical (unpaired) electrons. The molecule has 0 unspecified atom stereocenters. The van der Waals surface area contributed by atoms with E-state index in [4.69, 9.17) is 4.18 Å². The second-order valence-electron chi connectivity index (χ2n) is 6.35. The summed E-state index contributed by atoms with van der Waals surface area (Å²) in [6, 6.07) is 9.99. The van der Waals surface area contributed by atoms with E-state index in [1.54, 1.807) is 29.2 Å². The van der Waals surface area contributed by atoms with Crippen LogP contribution in [0.2, 0.25) is 0 Å². The highest BCUT2D eigenvalue weighted by Gasteiger charge is 2.24. The van der Waals surface area contributed by atoms with Crippen LogP contribution in [0.4, 0.5) is 5.69 Å². The van der Waals surface area contributed by atoms with Crippen molar-refractivity contribution in [3.63, 3.8) is 0 Å². The number of benzene rings is 2. The van der Waals surface area contributed by atoms with Crippen molar-refractivity contribution in [2.75, 3.05) is 11.4 Å². The van der Waals surface area contributed by atoms with Crippen LogP contribution in [0.25, 0.3) is 0 Å². The zero-order valence-corrected chi connectivity index (χ0v) is 15.4. The summed E-state index contributed by atoms with van der Waals surface area (Å²) in [4.78, 5) is 13.5. The molecule has 2 aromatic carbocycles. The van der Waals surface area contributed by atoms with Gasteiger partial charge < -0.3 is 9.08 Å². The molecule has 2 aromatic rings. The first-order valence-corrected chi connectivity index (χ1v) is 9.61. The van der Waals surface area contributed by atoms with Gasteiger partial charge in [0.25, 0.3) is 0 Å². The van der Waals surface area contributed by atoms with Gasteiger partial charge >= 0.3 is 10.1 Å². The van der Waals surface area contributed by atoms with Gasteiger partial charge in [0.15, 0.2) is 0 Å². The number of carbonyl (C=O) groups excluding carboxylic acids is 1. The van der Waals surface area contributed by atoms with Crippen molar-refractivity contribution < 1.29 is 17.4 Å². The highest BCUT2D eigenvalue weighted by molar-refractivity contribution is 7.87. The Labute approximate surface area is 148 Å². The van der Waals surface area contributed by atoms with Crippen LogP contribution in [0.1, 0.15) is 30.0 Å². The molecular formula is C19H21NO4S. The predicted octanol–water partition coefficient (Wildman–Crippen LogP) is 3.37. The van der Waals surface area contributed by atoms with Crippen LogP contribution in [0.3, 0.4) is 0 Å². The highest BCUT2D eigenvalue weighted by atomic mass is 32.2. The average molecular weight is 359 g/mol. The topological polar surface area (TPSA) is 63.7 Å². The maximum atomic E-state index is 12.6. The number of aryl methyl sites for hydroxylation is 3. The molecule has 3 rings (SSSR count). The largest absolute Gasteiger partial charge is 0.379 e. The number of nitrogens with zero attached hydrogens (tertiary/aromatic N) is 1. The van der Waals surface area contributed by atoms with Crippen LogP contribution in [0.5, 0.6) is 5.75 Å². The van der Waals surface area contributed by atoms with E-state index in [0.717, 1.165) is 35.2 Å². The Kier molecular flexibility index (Phi) is 4.56. The molecule has 132 valence electrons. The molecule has 1 amide bonds. The molecule has 0 saturated heterocycles. The summed E-state index contributed by atoms with van der Waals surface area (Å²) in [5.41, 5.74) is 3.67. The van der Waals surface area contributed by atoms with Crippen LogP contribution in [0.15, 0.2) is 41.3 Å². The Bertz CT molecular complexity index is 934. The molecule has 1 heterocycles. The number of fused-ring (bicyclic) bond motifs is 1. The SMILES string of the molecule is CC(=O)N1CCCc2cc(S(=O)(=O)Oc3ccc(C)c(C)c3)ccc21. The van der Waals surface area contributed by atoms with Crippen molar-refractivity contribution in [3.05, 3.63) is 53.1 Å². The van der Waals surface area contributed by atoms with Gasteiger partial charge in [-0.3, -0.25) is 4.79 Å². The van der Waals surface area contributed by atoms with Crippen molar-refractivity contribution in [1.82, 2.24) is 0 Å². The van der Waals surface area contributed by atoms with E-state index < -0.39 is 10.1 Å². The van der Waals surface area contributed by atoms with E-state index in [1.807, 2.05) is 19.9 Å². The van der Waals surface area contributed by atoms with Gasteiger partial charge in [0.05, 0.1) is 0 Å². The number of hydrogen-bond acceptors (Lipinski definition) is 4. The van der Waals surface area contributed by atoms with Gasteiger partial charge in [-0.2, -0.15) is 8.42 Å². The summed E-state index contributed by atoms with van der Waals surface area (Å²) < 4.78 is 30.5. The minimum atomic E-state index is -3.92. The van der Waals surface area contributed by atoms with E-state index in [9.17, 15) is 13.2 Å². The van der Waals surface area contributed by atoms with Gasteiger partial charge in [-0.15, -0.1) is 0 Å². The second kappa shape index (κ2) is 6.52. The molecule has 0 saturated carbocycles. The fourth-order valence-electron chi connectivity index (χ4n) is 3.00. The molecule has 0 spiro atoms. The fraction of sp³-hybridized carbons (Fsp3) is 0.316. The molecule has 1 aliphatic rings. The van der Waals surface area contributed by atoms with Crippen LogP contribution >= 0.6 is 0 Å². The third-order valence-electron chi connectivity index (χ3n) is 4.52. The summed E-state index contributed by atoms with van der Waals surface area (Å²) >= 11 is 0. The minimum absolute atomic E-state index is 0.0389. The Morgan fingerprint density at radius 3 is 2.52 bits per heavy atom. The monoisotopic (exact) mass is 359 g/mol. The maximum absolute atomic E-state index is 12.6. The third-order valence-corrected chi connectivity index (χ3v) is 5.77. The zero-order valence-electron chi connectivity index (χ0n) is 14.6. The van der Waals surface area contributed by atoms with Crippen molar-refractivity contribution >= 4 is 21.7 Å². The van der Waals surface area contributed by atoms with Crippen molar-refractivity contribution in [1.29, 1.82) is 0 Å². The standard InChI is InChI=1S/C19H21NO4S/c1-13-6-7-17(11-14(13)2)24-25(22,23)18-8-9-19-16(12-18)5-4-10-20(19)15(3)21/h6-9,11-12H,4-5,10H2,1-3H3. The first-order valence-electron chi connectivity index (χ1n) is 8.21. The normalized spacial score (nSPS) is 14.1. The Morgan fingerprint density at radius 1 is 1.08 bits per heavy atom. The second-order valence-corrected chi connectivity index (χ2v) is 7.89. The molecule has 0 aromatic heterocycles. The van der Waals surface area contributed by atoms with Crippen LogP contribution in [-0.4, -0.2) is 20.9 Å². The summed E-state index contributed by atoms with van der Waals surface area (Å²) in [5.74, 6) is 0.258. The Morgan fingerprint density at radius 2 is 1.84 bits per heavy atom. The Balaban J connectivity index is 1.92. The third kappa shape index (κ3) is 3.54. The smallest absolute Gasteiger partial charge is 0.339 e. The lowest BCUT2D eigenvalue weighted by atomic mass is 10.0. The molecule has 0 aliphatic carbocycles. The number of carbonyl (C=O) groups is 1. The minimum Gasteiger partial charge on any atom is -0.379 e. The van der Waals surface area contributed by atoms with Gasteiger partial charge in [0.1, 0.15) is 10.6 Å². The Hall–Kier alpha value is -2.34. The average Bonchev–Trinajstić information content (AvgIpc) is 2.56. The first kappa shape index (κ1) is 17.5. The summed E-state index contributed by atoms with van der Waals surface area (Å²) in [6.45, 7) is 6.04. The van der Waals surface area contributed by atoms with Gasteiger partial charge in [-0.25, -0.2) is 0 Å². The van der Waals surface area contributed by atoms with Crippen molar-refractivity contribution in [3.8, 4) is 5.75 Å². The van der Waals surface area contributed by atoms with E-state index >= 15 is 0 Å². The van der Waals surface area contributed by atoms with Crippen LogP contribution in [0, 0.1) is 13.8 Å². The molecule has 0 fully saturated rings. The molecule has 1 aliphatic heterocycles. The molecule has 6 heteroatoms. The maximum Gasteiger partial charge on any atom is 0.339 e. The van der Waals surface area contributed by atoms with Crippen LogP contribution < -0.4 is 9.08 Å². The quantitative estimate of drug-likeness (QED) is 0.788. The van der Waals surface area contributed by atoms with Crippen LogP contribution in [-0.2, 0) is 21.3 Å². The summed E-state index contributed by atoms with van der Waals surface area (Å²) in [5, 5.41) is 0. The van der Waals surface area contributed by atoms with Gasteiger partial charge in [0, 0.05) is 19.2 Å². The number of anilines is 1. The lowest BCUT2D eigenvalue weighted by Crippen LogP contribution is -2.33. The van der Waals surface area contributed by atoms with Gasteiger partial charge in [-0.1, -0.05) is 6.07 Å². The van der Waals surface area contributed by atoms with E-state index in [-0.39, 0.29) is 10.8 Å². The zero-order chi connectivity index (χ0) is 18.2. The molecule has 25 heavy (non-hydrogen) atoms. The lowest BCUT2D eigenvalue weighted by molar-refractivity contribution is -0.116. The number of hydrogen-bond donors (Lipinski definition) is 0. The van der Waals surface area contributed by atoms with E-state index in [2.05, 4.69) is 0 Å². The van der Waals surface area contributed by atoms with Crippen molar-refractivity contribution in [2.45, 2.75) is 38.5 Å². The van der Waals surface area contributed by atoms with Gasteiger partial charge in [-0.05, 0) is 73.7 Å². The molecule has 0 atom stereocenters. The lowest BCUT2D eigenvalue weighted by Gasteiger charge is -2.28. The number of amides is 1. The molecule has 5 nitrogen and oxygen atoms in total. The first-order chi connectivity index (χ1) is 11.8. The van der Waals surface area contributed by atoms with E-state index in [0.29, 0.717) is 12.3 Å². The summed E-state index contributed by atoms with van der Waals surface area (Å²) in [7, 11) is -3.92. The number of rotatable bonds is 3.